The Labute approximate surface area is 141 Å². The number of carbonyl (C=O) groups excluding carboxylic acids is 2. The van der Waals surface area contributed by atoms with Gasteiger partial charge in [-0.2, -0.15) is 0 Å². The minimum atomic E-state index is -0.621. The van der Waals surface area contributed by atoms with Crippen LogP contribution in [0.3, 0.4) is 0 Å². The molecule has 1 aromatic carbocycles. The average molecular weight is 337 g/mol. The van der Waals surface area contributed by atoms with Crippen molar-refractivity contribution in [1.29, 1.82) is 0 Å². The summed E-state index contributed by atoms with van der Waals surface area (Å²) in [5.74, 6) is 0.00185. The maximum Gasteiger partial charge on any atom is 0.338 e. The summed E-state index contributed by atoms with van der Waals surface area (Å²) >= 11 is 6.22. The van der Waals surface area contributed by atoms with Crippen molar-refractivity contribution in [3.8, 4) is 0 Å². The fourth-order valence-electron chi connectivity index (χ4n) is 2.37. The molecule has 5 nitrogen and oxygen atoms in total. The average Bonchev–Trinajstić information content (AvgIpc) is 2.46. The number of amides is 2. The number of urea groups is 1. The van der Waals surface area contributed by atoms with E-state index in [4.69, 9.17) is 16.3 Å². The molecule has 6 heteroatoms. The summed E-state index contributed by atoms with van der Waals surface area (Å²) < 4.78 is 5.36. The van der Waals surface area contributed by atoms with E-state index in [-0.39, 0.29) is 6.03 Å². The number of hydrogen-bond donors (Lipinski definition) is 2. The first-order valence-electron chi connectivity index (χ1n) is 7.60. The zero-order valence-corrected chi connectivity index (χ0v) is 14.2. The molecule has 0 saturated heterocycles. The lowest BCUT2D eigenvalue weighted by Gasteiger charge is -2.28. The summed E-state index contributed by atoms with van der Waals surface area (Å²) in [4.78, 5) is 24.3. The second-order valence-corrected chi connectivity index (χ2v) is 6.32. The van der Waals surface area contributed by atoms with Gasteiger partial charge in [-0.05, 0) is 30.9 Å². The molecule has 2 amide bonds. The molecule has 2 N–H and O–H groups in total. The second kappa shape index (κ2) is 7.51. The van der Waals surface area contributed by atoms with Crippen LogP contribution in [0.5, 0.6) is 0 Å². The Morgan fingerprint density at radius 3 is 2.70 bits per heavy atom. The third kappa shape index (κ3) is 4.26. The summed E-state index contributed by atoms with van der Waals surface area (Å²) in [6.45, 7) is 6.15. The second-order valence-electron chi connectivity index (χ2n) is 5.91. The number of carbonyl (C=O) groups is 2. The van der Waals surface area contributed by atoms with Gasteiger partial charge in [0.15, 0.2) is 0 Å². The van der Waals surface area contributed by atoms with E-state index in [1.54, 1.807) is 25.1 Å². The summed E-state index contributed by atoms with van der Waals surface area (Å²) in [6.07, 6.45) is 0.786. The molecule has 0 radical (unpaired) electrons. The van der Waals surface area contributed by atoms with E-state index in [1.165, 1.54) is 0 Å². The van der Waals surface area contributed by atoms with E-state index in [1.807, 2.05) is 6.07 Å². The normalized spacial score (nSPS) is 17.8. The van der Waals surface area contributed by atoms with Crippen LogP contribution in [0.1, 0.15) is 38.8 Å². The summed E-state index contributed by atoms with van der Waals surface area (Å²) in [5.41, 5.74) is 1.52. The quantitative estimate of drug-likeness (QED) is 0.808. The van der Waals surface area contributed by atoms with Crippen LogP contribution >= 0.6 is 11.6 Å². The maximum atomic E-state index is 12.5. The zero-order chi connectivity index (χ0) is 17.0. The van der Waals surface area contributed by atoms with Crippen LogP contribution in [0.4, 0.5) is 4.79 Å². The van der Waals surface area contributed by atoms with Gasteiger partial charge < -0.3 is 15.4 Å². The lowest BCUT2D eigenvalue weighted by Crippen LogP contribution is -2.45. The van der Waals surface area contributed by atoms with Gasteiger partial charge in [0.2, 0.25) is 0 Å². The number of ether oxygens (including phenoxy) is 1. The number of hydrogen-bond acceptors (Lipinski definition) is 3. The predicted molar refractivity (Wildman–Crippen MR) is 89.0 cm³/mol. The molecule has 0 spiro atoms. The van der Waals surface area contributed by atoms with E-state index in [0.29, 0.717) is 34.4 Å². The van der Waals surface area contributed by atoms with Crippen molar-refractivity contribution in [2.24, 2.45) is 5.92 Å². The molecule has 23 heavy (non-hydrogen) atoms. The Morgan fingerprint density at radius 2 is 2.04 bits per heavy atom. The summed E-state index contributed by atoms with van der Waals surface area (Å²) in [6, 6.07) is 6.13. The molecule has 1 heterocycles. The molecule has 0 aromatic heterocycles. The molecule has 0 saturated carbocycles. The Balaban J connectivity index is 2.28. The smallest absolute Gasteiger partial charge is 0.338 e. The van der Waals surface area contributed by atoms with Gasteiger partial charge >= 0.3 is 12.0 Å². The Kier molecular flexibility index (Phi) is 5.66. The lowest BCUT2D eigenvalue weighted by molar-refractivity contribution is -0.139. The number of halogens is 1. The zero-order valence-electron chi connectivity index (χ0n) is 13.5. The van der Waals surface area contributed by atoms with Crippen LogP contribution in [0.25, 0.3) is 0 Å². The topological polar surface area (TPSA) is 67.4 Å². The Morgan fingerprint density at radius 1 is 1.35 bits per heavy atom. The SMILES string of the molecule is CC1=C(C(=O)OCCC(C)C)[C@@H](c2ccccc2Cl)NC(=O)N1. The number of benzene rings is 1. The first-order chi connectivity index (χ1) is 10.9. The van der Waals surface area contributed by atoms with Gasteiger partial charge in [0.1, 0.15) is 0 Å². The predicted octanol–water partition coefficient (Wildman–Crippen LogP) is 3.56. The van der Waals surface area contributed by atoms with E-state index in [0.717, 1.165) is 6.42 Å². The van der Waals surface area contributed by atoms with Gasteiger partial charge in [-0.3, -0.25) is 0 Å². The monoisotopic (exact) mass is 336 g/mol. The van der Waals surface area contributed by atoms with Gasteiger partial charge in [0.25, 0.3) is 0 Å². The highest BCUT2D eigenvalue weighted by molar-refractivity contribution is 6.31. The van der Waals surface area contributed by atoms with Crippen molar-refractivity contribution < 1.29 is 14.3 Å². The van der Waals surface area contributed by atoms with Gasteiger partial charge in [-0.1, -0.05) is 43.6 Å². The highest BCUT2D eigenvalue weighted by atomic mass is 35.5. The molecule has 1 aliphatic rings. The van der Waals surface area contributed by atoms with Crippen LogP contribution < -0.4 is 10.6 Å². The number of nitrogens with one attached hydrogen (secondary N) is 2. The Hall–Kier alpha value is -2.01. The largest absolute Gasteiger partial charge is 0.462 e. The number of rotatable bonds is 5. The molecule has 0 fully saturated rings. The maximum absolute atomic E-state index is 12.5. The van der Waals surface area contributed by atoms with Crippen molar-refractivity contribution in [2.45, 2.75) is 33.2 Å². The fourth-order valence-corrected chi connectivity index (χ4v) is 2.62. The molecular formula is C17H21ClN2O3. The first kappa shape index (κ1) is 17.3. The van der Waals surface area contributed by atoms with E-state index in [9.17, 15) is 9.59 Å². The van der Waals surface area contributed by atoms with Gasteiger partial charge in [0, 0.05) is 10.7 Å². The Bertz CT molecular complexity index is 640. The van der Waals surface area contributed by atoms with E-state index < -0.39 is 12.0 Å². The first-order valence-corrected chi connectivity index (χ1v) is 7.97. The molecule has 124 valence electrons. The molecule has 1 atom stereocenters. The van der Waals surface area contributed by atoms with Crippen molar-refractivity contribution in [3.05, 3.63) is 46.1 Å². The minimum Gasteiger partial charge on any atom is -0.462 e. The van der Waals surface area contributed by atoms with Crippen LogP contribution in [-0.4, -0.2) is 18.6 Å². The molecular weight excluding hydrogens is 316 g/mol. The van der Waals surface area contributed by atoms with Gasteiger partial charge in [-0.25, -0.2) is 9.59 Å². The van der Waals surface area contributed by atoms with Crippen LogP contribution in [-0.2, 0) is 9.53 Å². The minimum absolute atomic E-state index is 0.344. The van der Waals surface area contributed by atoms with Gasteiger partial charge in [-0.15, -0.1) is 0 Å². The van der Waals surface area contributed by atoms with Crippen molar-refractivity contribution >= 4 is 23.6 Å². The van der Waals surface area contributed by atoms with Gasteiger partial charge in [0.05, 0.1) is 18.2 Å². The molecule has 1 aliphatic heterocycles. The number of allylic oxidation sites excluding steroid dienone is 1. The molecule has 2 rings (SSSR count). The van der Waals surface area contributed by atoms with Crippen LogP contribution in [0.2, 0.25) is 5.02 Å². The molecule has 0 bridgehead atoms. The highest BCUT2D eigenvalue weighted by Gasteiger charge is 2.33. The fraction of sp³-hybridized carbons (Fsp3) is 0.412. The van der Waals surface area contributed by atoms with Crippen molar-refractivity contribution in [3.63, 3.8) is 0 Å². The standard InChI is InChI=1S/C17H21ClN2O3/c1-10(2)8-9-23-16(21)14-11(3)19-17(22)20-15(14)12-6-4-5-7-13(12)18/h4-7,10,15H,8-9H2,1-3H3,(H2,19,20,22)/t15-/m1/s1. The van der Waals surface area contributed by atoms with Crippen molar-refractivity contribution in [1.82, 2.24) is 10.6 Å². The van der Waals surface area contributed by atoms with Crippen molar-refractivity contribution in [2.75, 3.05) is 6.61 Å². The summed E-state index contributed by atoms with van der Waals surface area (Å²) in [5, 5.41) is 5.84. The van der Waals surface area contributed by atoms with E-state index >= 15 is 0 Å². The third-order valence-electron chi connectivity index (χ3n) is 3.63. The molecule has 0 aliphatic carbocycles. The van der Waals surface area contributed by atoms with Crippen LogP contribution in [0.15, 0.2) is 35.5 Å². The highest BCUT2D eigenvalue weighted by Crippen LogP contribution is 2.31. The summed E-state index contributed by atoms with van der Waals surface area (Å²) in [7, 11) is 0. The third-order valence-corrected chi connectivity index (χ3v) is 3.98. The number of esters is 1. The molecule has 0 unspecified atom stereocenters. The van der Waals surface area contributed by atoms with E-state index in [2.05, 4.69) is 24.5 Å². The lowest BCUT2D eigenvalue weighted by atomic mass is 9.95. The molecule has 1 aromatic rings. The van der Waals surface area contributed by atoms with Crippen LogP contribution in [0, 0.1) is 5.92 Å².